The Hall–Kier alpha value is -2.42. The molecule has 0 atom stereocenters. The van der Waals surface area contributed by atoms with Crippen molar-refractivity contribution in [2.75, 3.05) is 6.61 Å². The molecular formula is C18H19NO2. The van der Waals surface area contributed by atoms with E-state index in [4.69, 9.17) is 4.74 Å². The summed E-state index contributed by atoms with van der Waals surface area (Å²) in [6, 6.07) is 15.4. The van der Waals surface area contributed by atoms with Crippen molar-refractivity contribution >= 4 is 17.9 Å². The van der Waals surface area contributed by atoms with Gasteiger partial charge in [0.1, 0.15) is 0 Å². The summed E-state index contributed by atoms with van der Waals surface area (Å²) in [6.07, 6.45) is 2.85. The number of rotatable bonds is 5. The lowest BCUT2D eigenvalue weighted by Crippen LogP contribution is -2.03. The van der Waals surface area contributed by atoms with Gasteiger partial charge < -0.3 is 4.74 Å². The first-order valence-electron chi connectivity index (χ1n) is 7.13. The van der Waals surface area contributed by atoms with Gasteiger partial charge in [0, 0.05) is 6.21 Å². The molecule has 0 saturated heterocycles. The van der Waals surface area contributed by atoms with E-state index in [9.17, 15) is 4.79 Å². The average Bonchev–Trinajstić information content (AvgIpc) is 2.54. The molecule has 21 heavy (non-hydrogen) atoms. The molecule has 108 valence electrons. The summed E-state index contributed by atoms with van der Waals surface area (Å²) in [6.45, 7) is 4.31. The van der Waals surface area contributed by atoms with Gasteiger partial charge in [-0.3, -0.25) is 4.99 Å². The SMILES string of the molecule is CCOC(=O)c1ccc(N=Cc2ccc(CC)cc2)cc1. The lowest BCUT2D eigenvalue weighted by atomic mass is 10.1. The van der Waals surface area contributed by atoms with Crippen LogP contribution in [0.1, 0.15) is 35.3 Å². The molecular weight excluding hydrogens is 262 g/mol. The highest BCUT2D eigenvalue weighted by Gasteiger charge is 2.04. The summed E-state index contributed by atoms with van der Waals surface area (Å²) in [5.41, 5.74) is 3.72. The zero-order valence-electron chi connectivity index (χ0n) is 12.4. The van der Waals surface area contributed by atoms with Crippen LogP contribution in [0.3, 0.4) is 0 Å². The molecule has 0 aliphatic rings. The molecule has 3 nitrogen and oxygen atoms in total. The molecule has 2 aromatic rings. The molecule has 2 aromatic carbocycles. The highest BCUT2D eigenvalue weighted by atomic mass is 16.5. The van der Waals surface area contributed by atoms with Gasteiger partial charge in [-0.25, -0.2) is 4.79 Å². The minimum Gasteiger partial charge on any atom is -0.462 e. The van der Waals surface area contributed by atoms with Crippen LogP contribution in [0.5, 0.6) is 0 Å². The zero-order valence-corrected chi connectivity index (χ0v) is 12.4. The summed E-state index contributed by atoms with van der Waals surface area (Å²) in [5.74, 6) is -0.303. The summed E-state index contributed by atoms with van der Waals surface area (Å²) in [7, 11) is 0. The first-order chi connectivity index (χ1) is 10.2. The van der Waals surface area contributed by atoms with Crippen molar-refractivity contribution in [3.8, 4) is 0 Å². The fourth-order valence-corrected chi connectivity index (χ4v) is 1.89. The largest absolute Gasteiger partial charge is 0.462 e. The number of aryl methyl sites for hydroxylation is 1. The second-order valence-corrected chi connectivity index (χ2v) is 4.62. The van der Waals surface area contributed by atoms with Crippen LogP contribution >= 0.6 is 0 Å². The summed E-state index contributed by atoms with van der Waals surface area (Å²) >= 11 is 0. The van der Waals surface area contributed by atoms with Crippen LogP contribution in [0.25, 0.3) is 0 Å². The lowest BCUT2D eigenvalue weighted by molar-refractivity contribution is 0.0526. The number of esters is 1. The van der Waals surface area contributed by atoms with E-state index in [1.165, 1.54) is 5.56 Å². The number of nitrogens with zero attached hydrogens (tertiary/aromatic N) is 1. The lowest BCUT2D eigenvalue weighted by Gasteiger charge is -2.01. The van der Waals surface area contributed by atoms with Gasteiger partial charge in [0.2, 0.25) is 0 Å². The Morgan fingerprint density at radius 1 is 1.05 bits per heavy atom. The minimum absolute atomic E-state index is 0.303. The summed E-state index contributed by atoms with van der Waals surface area (Å²) in [4.78, 5) is 15.9. The molecule has 0 N–H and O–H groups in total. The van der Waals surface area contributed by atoms with E-state index in [2.05, 4.69) is 36.2 Å². The van der Waals surface area contributed by atoms with Crippen molar-refractivity contribution < 1.29 is 9.53 Å². The smallest absolute Gasteiger partial charge is 0.338 e. The topological polar surface area (TPSA) is 38.7 Å². The number of ether oxygens (including phenoxy) is 1. The summed E-state index contributed by atoms with van der Waals surface area (Å²) < 4.78 is 4.94. The van der Waals surface area contributed by atoms with E-state index in [1.807, 2.05) is 18.3 Å². The molecule has 0 unspecified atom stereocenters. The van der Waals surface area contributed by atoms with Crippen molar-refractivity contribution in [1.82, 2.24) is 0 Å². The van der Waals surface area contributed by atoms with Gasteiger partial charge in [0.15, 0.2) is 0 Å². The van der Waals surface area contributed by atoms with Gasteiger partial charge in [-0.1, -0.05) is 31.2 Å². The number of hydrogen-bond donors (Lipinski definition) is 0. The normalized spacial score (nSPS) is 10.8. The average molecular weight is 281 g/mol. The highest BCUT2D eigenvalue weighted by molar-refractivity contribution is 5.90. The Morgan fingerprint density at radius 2 is 1.71 bits per heavy atom. The molecule has 0 saturated carbocycles. The Balaban J connectivity index is 2.05. The van der Waals surface area contributed by atoms with Crippen molar-refractivity contribution in [3.05, 3.63) is 65.2 Å². The fourth-order valence-electron chi connectivity index (χ4n) is 1.89. The maximum atomic E-state index is 11.5. The monoisotopic (exact) mass is 281 g/mol. The van der Waals surface area contributed by atoms with Crippen LogP contribution in [-0.2, 0) is 11.2 Å². The van der Waals surface area contributed by atoms with Gasteiger partial charge in [-0.15, -0.1) is 0 Å². The first-order valence-corrected chi connectivity index (χ1v) is 7.13. The molecule has 0 bridgehead atoms. The second-order valence-electron chi connectivity index (χ2n) is 4.62. The molecule has 0 aliphatic heterocycles. The standard InChI is InChI=1S/C18H19NO2/c1-3-14-5-7-15(8-6-14)13-19-17-11-9-16(10-12-17)18(20)21-4-2/h5-13H,3-4H2,1-2H3. The molecule has 3 heteroatoms. The van der Waals surface area contributed by atoms with Gasteiger partial charge in [-0.05, 0) is 48.7 Å². The first kappa shape index (κ1) is 15.0. The van der Waals surface area contributed by atoms with E-state index in [-0.39, 0.29) is 5.97 Å². The molecule has 0 aromatic heterocycles. The quantitative estimate of drug-likeness (QED) is 0.609. The molecule has 2 rings (SSSR count). The molecule has 0 aliphatic carbocycles. The third-order valence-electron chi connectivity index (χ3n) is 3.13. The number of benzene rings is 2. The maximum Gasteiger partial charge on any atom is 0.338 e. The van der Waals surface area contributed by atoms with Crippen molar-refractivity contribution in [2.45, 2.75) is 20.3 Å². The van der Waals surface area contributed by atoms with Crippen LogP contribution in [0.4, 0.5) is 5.69 Å². The molecule has 0 spiro atoms. The van der Waals surface area contributed by atoms with Crippen LogP contribution in [0.15, 0.2) is 53.5 Å². The fraction of sp³-hybridized carbons (Fsp3) is 0.222. The zero-order chi connectivity index (χ0) is 15.1. The van der Waals surface area contributed by atoms with E-state index in [1.54, 1.807) is 19.1 Å². The Kier molecular flexibility index (Phi) is 5.27. The van der Waals surface area contributed by atoms with E-state index in [0.717, 1.165) is 17.7 Å². The Morgan fingerprint density at radius 3 is 2.29 bits per heavy atom. The van der Waals surface area contributed by atoms with Crippen LogP contribution in [0.2, 0.25) is 0 Å². The molecule has 0 amide bonds. The molecule has 0 fully saturated rings. The van der Waals surface area contributed by atoms with Crippen LogP contribution < -0.4 is 0 Å². The van der Waals surface area contributed by atoms with Crippen molar-refractivity contribution in [3.63, 3.8) is 0 Å². The third-order valence-corrected chi connectivity index (χ3v) is 3.13. The number of carbonyl (C=O) groups is 1. The van der Waals surface area contributed by atoms with Crippen molar-refractivity contribution in [2.24, 2.45) is 4.99 Å². The number of carbonyl (C=O) groups excluding carboxylic acids is 1. The van der Waals surface area contributed by atoms with Gasteiger partial charge >= 0.3 is 5.97 Å². The summed E-state index contributed by atoms with van der Waals surface area (Å²) in [5, 5.41) is 0. The predicted molar refractivity (Wildman–Crippen MR) is 85.5 cm³/mol. The Bertz CT molecular complexity index is 613. The maximum absolute atomic E-state index is 11.5. The molecule has 0 heterocycles. The number of hydrogen-bond acceptors (Lipinski definition) is 3. The van der Waals surface area contributed by atoms with Crippen molar-refractivity contribution in [1.29, 1.82) is 0 Å². The predicted octanol–water partition coefficient (Wildman–Crippen LogP) is 4.18. The molecule has 0 radical (unpaired) electrons. The van der Waals surface area contributed by atoms with E-state index < -0.39 is 0 Å². The van der Waals surface area contributed by atoms with Crippen LogP contribution in [0, 0.1) is 0 Å². The van der Waals surface area contributed by atoms with E-state index in [0.29, 0.717) is 12.2 Å². The Labute approximate surface area is 125 Å². The highest BCUT2D eigenvalue weighted by Crippen LogP contribution is 2.14. The van der Waals surface area contributed by atoms with Gasteiger partial charge in [-0.2, -0.15) is 0 Å². The van der Waals surface area contributed by atoms with Gasteiger partial charge in [0.05, 0.1) is 17.9 Å². The third kappa shape index (κ3) is 4.28. The minimum atomic E-state index is -0.303. The van der Waals surface area contributed by atoms with Crippen LogP contribution in [-0.4, -0.2) is 18.8 Å². The second kappa shape index (κ2) is 7.39. The van der Waals surface area contributed by atoms with Gasteiger partial charge in [0.25, 0.3) is 0 Å². The van der Waals surface area contributed by atoms with E-state index >= 15 is 0 Å². The number of aliphatic imine (C=N–C) groups is 1.